The van der Waals surface area contributed by atoms with E-state index in [9.17, 15) is 0 Å². The van der Waals surface area contributed by atoms with Gasteiger partial charge >= 0.3 is 0 Å². The van der Waals surface area contributed by atoms with Gasteiger partial charge in [0.15, 0.2) is 0 Å². The van der Waals surface area contributed by atoms with E-state index in [0.717, 1.165) is 27.1 Å². The van der Waals surface area contributed by atoms with Crippen molar-refractivity contribution in [1.82, 2.24) is 9.97 Å². The fourth-order valence-electron chi connectivity index (χ4n) is 1.57. The van der Waals surface area contributed by atoms with E-state index in [2.05, 4.69) is 15.3 Å². The van der Waals surface area contributed by atoms with Crippen LogP contribution in [0.4, 0.5) is 5.82 Å². The van der Waals surface area contributed by atoms with Crippen LogP contribution < -0.4 is 10.1 Å². The van der Waals surface area contributed by atoms with Crippen LogP contribution in [0.25, 0.3) is 0 Å². The number of anilines is 1. The Morgan fingerprint density at radius 3 is 2.83 bits per heavy atom. The number of aromatic nitrogens is 2. The van der Waals surface area contributed by atoms with E-state index >= 15 is 0 Å². The van der Waals surface area contributed by atoms with Gasteiger partial charge in [-0.3, -0.25) is 0 Å². The molecule has 2 aromatic rings. The molecule has 94 valence electrons. The highest BCUT2D eigenvalue weighted by Gasteiger charge is 2.07. The molecule has 0 saturated heterocycles. The molecule has 4 nitrogen and oxygen atoms in total. The first-order valence-electron chi connectivity index (χ1n) is 5.56. The van der Waals surface area contributed by atoms with Gasteiger partial charge in [0, 0.05) is 17.5 Å². The van der Waals surface area contributed by atoms with Crippen molar-refractivity contribution in [2.75, 3.05) is 19.5 Å². The minimum atomic E-state index is 0.848. The van der Waals surface area contributed by atoms with E-state index in [1.165, 1.54) is 0 Å². The average Bonchev–Trinajstić information content (AvgIpc) is 2.41. The number of nitrogens with zero attached hydrogens (tertiary/aromatic N) is 2. The Kier molecular flexibility index (Phi) is 4.04. The van der Waals surface area contributed by atoms with E-state index in [-0.39, 0.29) is 0 Å². The van der Waals surface area contributed by atoms with Crippen molar-refractivity contribution < 1.29 is 4.74 Å². The van der Waals surface area contributed by atoms with Crippen LogP contribution in [-0.2, 0) is 0 Å². The summed E-state index contributed by atoms with van der Waals surface area (Å²) >= 11 is 1.60. The quantitative estimate of drug-likeness (QED) is 0.857. The zero-order valence-electron chi connectivity index (χ0n) is 10.6. The lowest BCUT2D eigenvalue weighted by molar-refractivity contribution is 0.413. The Balaban J connectivity index is 2.28. The third-order valence-electron chi connectivity index (χ3n) is 2.53. The van der Waals surface area contributed by atoms with Crippen LogP contribution in [0.2, 0.25) is 0 Å². The van der Waals surface area contributed by atoms with Crippen molar-refractivity contribution in [3.63, 3.8) is 0 Å². The topological polar surface area (TPSA) is 47.0 Å². The zero-order valence-corrected chi connectivity index (χ0v) is 11.4. The van der Waals surface area contributed by atoms with Crippen molar-refractivity contribution in [3.05, 3.63) is 36.2 Å². The maximum atomic E-state index is 5.21. The number of ether oxygens (including phenoxy) is 1. The first-order chi connectivity index (χ1) is 8.74. The summed E-state index contributed by atoms with van der Waals surface area (Å²) < 4.78 is 5.21. The number of rotatable bonds is 4. The van der Waals surface area contributed by atoms with Crippen molar-refractivity contribution in [2.45, 2.75) is 16.8 Å². The summed E-state index contributed by atoms with van der Waals surface area (Å²) in [6.07, 6.45) is 1.57. The molecular weight excluding hydrogens is 246 g/mol. The summed E-state index contributed by atoms with van der Waals surface area (Å²) in [6, 6.07) is 7.92. The van der Waals surface area contributed by atoms with E-state index < -0.39 is 0 Å². The molecule has 0 aliphatic heterocycles. The maximum absolute atomic E-state index is 5.21. The first-order valence-corrected chi connectivity index (χ1v) is 6.37. The molecule has 1 aromatic carbocycles. The second-order valence-electron chi connectivity index (χ2n) is 3.68. The highest BCUT2D eigenvalue weighted by molar-refractivity contribution is 7.99. The second-order valence-corrected chi connectivity index (χ2v) is 4.75. The van der Waals surface area contributed by atoms with Gasteiger partial charge < -0.3 is 10.1 Å². The number of nitrogens with one attached hydrogen (secondary N) is 1. The Labute approximate surface area is 111 Å². The molecular formula is C13H15N3OS. The van der Waals surface area contributed by atoms with E-state index in [1.54, 1.807) is 25.2 Å². The molecule has 0 atom stereocenters. The summed E-state index contributed by atoms with van der Waals surface area (Å²) in [7, 11) is 3.52. The van der Waals surface area contributed by atoms with Crippen LogP contribution >= 0.6 is 11.8 Å². The van der Waals surface area contributed by atoms with Crippen molar-refractivity contribution in [1.29, 1.82) is 0 Å². The lowest BCUT2D eigenvalue weighted by Gasteiger charge is -2.08. The maximum Gasteiger partial charge on any atom is 0.133 e. The highest BCUT2D eigenvalue weighted by Crippen LogP contribution is 2.32. The Morgan fingerprint density at radius 1 is 1.28 bits per heavy atom. The van der Waals surface area contributed by atoms with E-state index in [0.29, 0.717) is 0 Å². The first kappa shape index (κ1) is 12.7. The summed E-state index contributed by atoms with van der Waals surface area (Å²) in [5, 5.41) is 4.00. The van der Waals surface area contributed by atoms with Gasteiger partial charge in [0.1, 0.15) is 22.9 Å². The van der Waals surface area contributed by atoms with Gasteiger partial charge in [0.05, 0.1) is 7.11 Å². The van der Waals surface area contributed by atoms with Crippen molar-refractivity contribution in [3.8, 4) is 5.75 Å². The third kappa shape index (κ3) is 2.73. The van der Waals surface area contributed by atoms with Gasteiger partial charge in [0.2, 0.25) is 0 Å². The lowest BCUT2D eigenvalue weighted by Crippen LogP contribution is -1.98. The Hall–Kier alpha value is -1.75. The van der Waals surface area contributed by atoms with Gasteiger partial charge in [-0.1, -0.05) is 17.8 Å². The molecule has 1 N–H and O–H groups in total. The van der Waals surface area contributed by atoms with Crippen LogP contribution in [0.1, 0.15) is 5.56 Å². The number of hydrogen-bond acceptors (Lipinski definition) is 5. The summed E-state index contributed by atoms with van der Waals surface area (Å²) in [5.41, 5.74) is 1.05. The Morgan fingerprint density at radius 2 is 2.11 bits per heavy atom. The summed E-state index contributed by atoms with van der Waals surface area (Å²) in [4.78, 5) is 9.58. The number of benzene rings is 1. The molecule has 0 amide bonds. The fraction of sp³-hybridized carbons (Fsp3) is 0.231. The number of hydrogen-bond donors (Lipinski definition) is 1. The second kappa shape index (κ2) is 5.73. The predicted molar refractivity (Wildman–Crippen MR) is 73.4 cm³/mol. The third-order valence-corrected chi connectivity index (χ3v) is 3.62. The minimum absolute atomic E-state index is 0.848. The van der Waals surface area contributed by atoms with Crippen LogP contribution in [0.3, 0.4) is 0 Å². The molecule has 0 radical (unpaired) electrons. The van der Waals surface area contributed by atoms with Gasteiger partial charge in [-0.25, -0.2) is 9.97 Å². The van der Waals surface area contributed by atoms with Crippen LogP contribution in [0.5, 0.6) is 5.75 Å². The van der Waals surface area contributed by atoms with Crippen LogP contribution in [0.15, 0.2) is 40.5 Å². The van der Waals surface area contributed by atoms with Crippen molar-refractivity contribution >= 4 is 17.6 Å². The molecule has 0 unspecified atom stereocenters. The molecule has 0 aliphatic carbocycles. The SMILES string of the molecule is CNc1ncnc(Sc2cccc(OC)c2)c1C. The molecule has 1 aromatic heterocycles. The smallest absolute Gasteiger partial charge is 0.133 e. The average molecular weight is 261 g/mol. The molecule has 0 fully saturated rings. The molecule has 18 heavy (non-hydrogen) atoms. The largest absolute Gasteiger partial charge is 0.497 e. The number of methoxy groups -OCH3 is 1. The molecule has 0 saturated carbocycles. The lowest BCUT2D eigenvalue weighted by atomic mass is 10.3. The standard InChI is InChI=1S/C13H15N3OS/c1-9-12(14-2)15-8-16-13(9)18-11-6-4-5-10(7-11)17-3/h4-8H,1-3H3,(H,14,15,16). The molecule has 5 heteroatoms. The van der Waals surface area contributed by atoms with Crippen molar-refractivity contribution in [2.24, 2.45) is 0 Å². The van der Waals surface area contributed by atoms with E-state index in [4.69, 9.17) is 4.74 Å². The van der Waals surface area contributed by atoms with Crippen LogP contribution in [0, 0.1) is 6.92 Å². The van der Waals surface area contributed by atoms with Gasteiger partial charge in [-0.15, -0.1) is 0 Å². The zero-order chi connectivity index (χ0) is 13.0. The predicted octanol–water partition coefficient (Wildman–Crippen LogP) is 2.99. The molecule has 0 bridgehead atoms. The summed E-state index contributed by atoms with van der Waals surface area (Å²) in [5.74, 6) is 1.70. The van der Waals surface area contributed by atoms with Crippen LogP contribution in [-0.4, -0.2) is 24.1 Å². The van der Waals surface area contributed by atoms with Gasteiger partial charge in [0.25, 0.3) is 0 Å². The molecule has 0 aliphatic rings. The minimum Gasteiger partial charge on any atom is -0.497 e. The van der Waals surface area contributed by atoms with E-state index in [1.807, 2.05) is 38.2 Å². The molecule has 0 spiro atoms. The monoisotopic (exact) mass is 261 g/mol. The van der Waals surface area contributed by atoms with Gasteiger partial charge in [-0.2, -0.15) is 0 Å². The normalized spacial score (nSPS) is 10.2. The molecule has 2 rings (SSSR count). The van der Waals surface area contributed by atoms with Gasteiger partial charge in [-0.05, 0) is 25.1 Å². The Bertz CT molecular complexity index is 546. The molecule has 1 heterocycles. The summed E-state index contributed by atoms with van der Waals surface area (Å²) in [6.45, 7) is 2.01. The highest BCUT2D eigenvalue weighted by atomic mass is 32.2. The fourth-order valence-corrected chi connectivity index (χ4v) is 2.46.